The molecule has 0 aliphatic carbocycles. The van der Waals surface area contributed by atoms with E-state index in [1.807, 2.05) is 7.05 Å². The quantitative estimate of drug-likeness (QED) is 0.874. The highest BCUT2D eigenvalue weighted by molar-refractivity contribution is 5.15. The van der Waals surface area contributed by atoms with E-state index in [2.05, 4.69) is 10.3 Å². The first-order valence-electron chi connectivity index (χ1n) is 6.15. The molecule has 3 nitrogen and oxygen atoms in total. The fourth-order valence-electron chi connectivity index (χ4n) is 2.35. The van der Waals surface area contributed by atoms with Gasteiger partial charge in [-0.2, -0.15) is 0 Å². The van der Waals surface area contributed by atoms with Crippen molar-refractivity contribution >= 4 is 0 Å². The maximum absolute atomic E-state index is 13.1. The number of hydrogen-bond acceptors (Lipinski definition) is 3. The predicted molar refractivity (Wildman–Crippen MR) is 64.2 cm³/mol. The van der Waals surface area contributed by atoms with Gasteiger partial charge in [0.25, 0.3) is 0 Å². The molecule has 1 saturated heterocycles. The fourth-order valence-corrected chi connectivity index (χ4v) is 2.35. The van der Waals surface area contributed by atoms with E-state index in [0.717, 1.165) is 38.0 Å². The van der Waals surface area contributed by atoms with E-state index in [0.29, 0.717) is 5.92 Å². The summed E-state index contributed by atoms with van der Waals surface area (Å²) in [5.74, 6) is 0.388. The van der Waals surface area contributed by atoms with Gasteiger partial charge in [0.05, 0.1) is 6.20 Å². The number of ether oxygens (including phenoxy) is 1. The van der Waals surface area contributed by atoms with Crippen LogP contribution in [-0.4, -0.2) is 25.2 Å². The topological polar surface area (TPSA) is 34.1 Å². The molecule has 0 amide bonds. The van der Waals surface area contributed by atoms with Gasteiger partial charge in [-0.3, -0.25) is 4.98 Å². The van der Waals surface area contributed by atoms with E-state index in [1.54, 1.807) is 12.3 Å². The Morgan fingerprint density at radius 1 is 1.47 bits per heavy atom. The van der Waals surface area contributed by atoms with Crippen molar-refractivity contribution in [2.24, 2.45) is 5.92 Å². The molecule has 1 aromatic rings. The van der Waals surface area contributed by atoms with Gasteiger partial charge in [0, 0.05) is 25.5 Å². The summed E-state index contributed by atoms with van der Waals surface area (Å²) >= 11 is 0. The molecule has 0 saturated carbocycles. The summed E-state index contributed by atoms with van der Waals surface area (Å²) in [5, 5.41) is 3.25. The van der Waals surface area contributed by atoms with Crippen LogP contribution in [0.2, 0.25) is 0 Å². The molecule has 4 heteroatoms. The van der Waals surface area contributed by atoms with Gasteiger partial charge in [-0.15, -0.1) is 0 Å². The summed E-state index contributed by atoms with van der Waals surface area (Å²) in [4.78, 5) is 3.91. The zero-order valence-electron chi connectivity index (χ0n) is 10.2. The third-order valence-corrected chi connectivity index (χ3v) is 3.39. The Morgan fingerprint density at radius 3 is 2.88 bits per heavy atom. The minimum absolute atomic E-state index is 0.182. The van der Waals surface area contributed by atoms with Crippen molar-refractivity contribution in [1.82, 2.24) is 10.3 Å². The van der Waals surface area contributed by atoms with E-state index in [1.165, 1.54) is 6.20 Å². The monoisotopic (exact) mass is 238 g/mol. The molecule has 0 bridgehead atoms. The molecule has 1 aromatic heterocycles. The van der Waals surface area contributed by atoms with Gasteiger partial charge in [-0.25, -0.2) is 4.39 Å². The molecule has 17 heavy (non-hydrogen) atoms. The smallest absolute Gasteiger partial charge is 0.141 e. The highest BCUT2D eigenvalue weighted by Crippen LogP contribution is 2.27. The molecular formula is C13H19FN2O. The predicted octanol–water partition coefficient (Wildman–Crippen LogP) is 2.30. The average Bonchev–Trinajstić information content (AvgIpc) is 2.37. The number of aromatic nitrogens is 1. The lowest BCUT2D eigenvalue weighted by molar-refractivity contribution is 0.0607. The van der Waals surface area contributed by atoms with Gasteiger partial charge in [-0.05, 0) is 43.9 Å². The van der Waals surface area contributed by atoms with E-state index in [4.69, 9.17) is 4.74 Å². The van der Waals surface area contributed by atoms with Crippen LogP contribution in [0.3, 0.4) is 0 Å². The number of nitrogens with zero attached hydrogens (tertiary/aromatic N) is 1. The lowest BCUT2D eigenvalue weighted by atomic mass is 9.90. The second kappa shape index (κ2) is 6.07. The first-order valence-corrected chi connectivity index (χ1v) is 6.15. The minimum Gasteiger partial charge on any atom is -0.381 e. The summed E-state index contributed by atoms with van der Waals surface area (Å²) in [6, 6.07) is 1.74. The van der Waals surface area contributed by atoms with E-state index >= 15 is 0 Å². The highest BCUT2D eigenvalue weighted by Gasteiger charge is 2.19. The minimum atomic E-state index is -0.269. The largest absolute Gasteiger partial charge is 0.381 e. The van der Waals surface area contributed by atoms with Crippen LogP contribution in [0.1, 0.15) is 30.9 Å². The zero-order valence-corrected chi connectivity index (χ0v) is 10.2. The van der Waals surface area contributed by atoms with E-state index in [-0.39, 0.29) is 11.9 Å². The zero-order chi connectivity index (χ0) is 12.1. The fraction of sp³-hybridized carbons (Fsp3) is 0.615. The lowest BCUT2D eigenvalue weighted by Crippen LogP contribution is -2.24. The Balaban J connectivity index is 2.00. The molecule has 1 atom stereocenters. The van der Waals surface area contributed by atoms with Crippen LogP contribution in [0.4, 0.5) is 4.39 Å². The summed E-state index contributed by atoms with van der Waals surface area (Å²) in [6.07, 6.45) is 6.20. The lowest BCUT2D eigenvalue weighted by Gasteiger charge is -2.26. The van der Waals surface area contributed by atoms with Crippen LogP contribution in [0, 0.1) is 11.7 Å². The Kier molecular flexibility index (Phi) is 4.45. The second-order valence-electron chi connectivity index (χ2n) is 4.57. The van der Waals surface area contributed by atoms with Crippen LogP contribution in [-0.2, 0) is 4.74 Å². The maximum Gasteiger partial charge on any atom is 0.141 e. The van der Waals surface area contributed by atoms with E-state index < -0.39 is 0 Å². The number of rotatable bonds is 4. The summed E-state index contributed by atoms with van der Waals surface area (Å²) < 4.78 is 18.5. The molecule has 1 aliphatic heterocycles. The van der Waals surface area contributed by atoms with Gasteiger partial charge in [0.1, 0.15) is 5.82 Å². The molecule has 0 aromatic carbocycles. The molecule has 0 radical (unpaired) electrons. The third kappa shape index (κ3) is 3.48. The third-order valence-electron chi connectivity index (χ3n) is 3.39. The van der Waals surface area contributed by atoms with Crippen LogP contribution in [0.15, 0.2) is 18.5 Å². The Bertz CT molecular complexity index is 353. The SMILES string of the molecule is CNC(CC1CCOCC1)c1cncc(F)c1. The Labute approximate surface area is 101 Å². The summed E-state index contributed by atoms with van der Waals surface area (Å²) in [6.45, 7) is 1.70. The van der Waals surface area contributed by atoms with Gasteiger partial charge in [-0.1, -0.05) is 0 Å². The van der Waals surface area contributed by atoms with Crippen LogP contribution in [0.5, 0.6) is 0 Å². The van der Waals surface area contributed by atoms with Crippen molar-refractivity contribution in [2.75, 3.05) is 20.3 Å². The molecule has 1 fully saturated rings. The standard InChI is InChI=1S/C13H19FN2O/c1-15-13(6-10-2-4-17-5-3-10)11-7-12(14)9-16-8-11/h7-10,13,15H,2-6H2,1H3. The van der Waals surface area contributed by atoms with Crippen molar-refractivity contribution in [3.8, 4) is 0 Å². The molecule has 1 aliphatic rings. The number of hydrogen-bond donors (Lipinski definition) is 1. The molecule has 0 spiro atoms. The van der Waals surface area contributed by atoms with Crippen molar-refractivity contribution in [3.05, 3.63) is 29.8 Å². The summed E-state index contributed by atoms with van der Waals surface area (Å²) in [5.41, 5.74) is 0.930. The molecule has 1 unspecified atom stereocenters. The number of nitrogens with one attached hydrogen (secondary N) is 1. The van der Waals surface area contributed by atoms with Crippen molar-refractivity contribution < 1.29 is 9.13 Å². The van der Waals surface area contributed by atoms with Gasteiger partial charge >= 0.3 is 0 Å². The van der Waals surface area contributed by atoms with Gasteiger partial charge < -0.3 is 10.1 Å². The molecule has 1 N–H and O–H groups in total. The van der Waals surface area contributed by atoms with Crippen LogP contribution < -0.4 is 5.32 Å². The highest BCUT2D eigenvalue weighted by atomic mass is 19.1. The second-order valence-corrected chi connectivity index (χ2v) is 4.57. The van der Waals surface area contributed by atoms with Crippen molar-refractivity contribution in [3.63, 3.8) is 0 Å². The molecule has 2 heterocycles. The molecule has 2 rings (SSSR count). The number of halogens is 1. The molecule has 94 valence electrons. The Morgan fingerprint density at radius 2 is 2.24 bits per heavy atom. The van der Waals surface area contributed by atoms with E-state index in [9.17, 15) is 4.39 Å². The molecular weight excluding hydrogens is 219 g/mol. The van der Waals surface area contributed by atoms with Gasteiger partial charge in [0.2, 0.25) is 0 Å². The summed E-state index contributed by atoms with van der Waals surface area (Å²) in [7, 11) is 1.91. The van der Waals surface area contributed by atoms with Crippen molar-refractivity contribution in [2.45, 2.75) is 25.3 Å². The average molecular weight is 238 g/mol. The normalized spacial score (nSPS) is 19.2. The van der Waals surface area contributed by atoms with Crippen molar-refractivity contribution in [1.29, 1.82) is 0 Å². The van der Waals surface area contributed by atoms with Crippen LogP contribution >= 0.6 is 0 Å². The maximum atomic E-state index is 13.1. The first-order chi connectivity index (χ1) is 8.29. The first kappa shape index (κ1) is 12.5. The van der Waals surface area contributed by atoms with Crippen LogP contribution in [0.25, 0.3) is 0 Å². The Hall–Kier alpha value is -1.00. The number of pyridine rings is 1. The van der Waals surface area contributed by atoms with Gasteiger partial charge in [0.15, 0.2) is 0 Å².